The first-order valence-electron chi connectivity index (χ1n) is 2.24. The molecule has 0 bridgehead atoms. The van der Waals surface area contributed by atoms with Crippen molar-refractivity contribution >= 4 is 11.6 Å². The molecule has 0 saturated heterocycles. The van der Waals surface area contributed by atoms with Gasteiger partial charge in [0.05, 0.1) is 0 Å². The van der Waals surface area contributed by atoms with Crippen LogP contribution in [0.25, 0.3) is 0 Å². The minimum atomic E-state index is -0.282. The van der Waals surface area contributed by atoms with Gasteiger partial charge < -0.3 is 0 Å². The molecule has 2 heteroatoms. The van der Waals surface area contributed by atoms with Crippen LogP contribution in [-0.2, 0) is 5.11 Å². The lowest BCUT2D eigenvalue weighted by Crippen LogP contribution is -1.75. The van der Waals surface area contributed by atoms with Crippen LogP contribution in [0.15, 0.2) is 11.1 Å². The van der Waals surface area contributed by atoms with Crippen LogP contribution >= 0.6 is 11.6 Å². The maximum atomic E-state index is 9.82. The van der Waals surface area contributed by atoms with Gasteiger partial charge in [-0.2, -0.15) is 0 Å². The second-order valence-electron chi connectivity index (χ2n) is 1.20. The van der Waals surface area contributed by atoms with E-state index in [0.717, 1.165) is 6.42 Å². The standard InChI is InChI=1S/C5H8ClO/c1-2-3-5(6)4-7/h3H,2,4H2,1H3. The highest BCUT2D eigenvalue weighted by atomic mass is 35.5. The van der Waals surface area contributed by atoms with E-state index in [2.05, 4.69) is 0 Å². The molecule has 0 aliphatic carbocycles. The van der Waals surface area contributed by atoms with Crippen LogP contribution in [0.3, 0.4) is 0 Å². The molecule has 0 rings (SSSR count). The fourth-order valence-corrected chi connectivity index (χ4v) is 0.435. The van der Waals surface area contributed by atoms with Crippen molar-refractivity contribution in [1.82, 2.24) is 0 Å². The first-order chi connectivity index (χ1) is 3.31. The molecule has 1 nitrogen and oxygen atoms in total. The van der Waals surface area contributed by atoms with Gasteiger partial charge in [0.2, 0.25) is 0 Å². The van der Waals surface area contributed by atoms with Crippen molar-refractivity contribution in [2.75, 3.05) is 6.61 Å². The molecule has 0 aliphatic rings. The molecule has 0 aromatic carbocycles. The lowest BCUT2D eigenvalue weighted by atomic mass is 10.4. The van der Waals surface area contributed by atoms with Gasteiger partial charge in [0.25, 0.3) is 0 Å². The van der Waals surface area contributed by atoms with E-state index in [4.69, 9.17) is 11.6 Å². The molecule has 0 saturated carbocycles. The lowest BCUT2D eigenvalue weighted by molar-refractivity contribution is 0.229. The Labute approximate surface area is 48.6 Å². The second-order valence-corrected chi connectivity index (χ2v) is 1.69. The molecule has 0 fully saturated rings. The van der Waals surface area contributed by atoms with Crippen molar-refractivity contribution in [3.8, 4) is 0 Å². The third kappa shape index (κ3) is 3.83. The zero-order valence-corrected chi connectivity index (χ0v) is 5.03. The zero-order chi connectivity index (χ0) is 5.70. The molecule has 7 heavy (non-hydrogen) atoms. The van der Waals surface area contributed by atoms with E-state index in [1.165, 1.54) is 0 Å². The summed E-state index contributed by atoms with van der Waals surface area (Å²) in [5, 5.41) is 10.2. The minimum Gasteiger partial charge on any atom is -0.231 e. The van der Waals surface area contributed by atoms with Crippen molar-refractivity contribution in [2.45, 2.75) is 13.3 Å². The largest absolute Gasteiger partial charge is 0.231 e. The first kappa shape index (κ1) is 6.99. The summed E-state index contributed by atoms with van der Waals surface area (Å²) in [6.07, 6.45) is 2.57. The highest BCUT2D eigenvalue weighted by Crippen LogP contribution is 1.99. The average molecular weight is 120 g/mol. The molecule has 0 heterocycles. The van der Waals surface area contributed by atoms with Crippen molar-refractivity contribution in [1.29, 1.82) is 0 Å². The van der Waals surface area contributed by atoms with Gasteiger partial charge in [-0.25, -0.2) is 5.11 Å². The van der Waals surface area contributed by atoms with Crippen LogP contribution in [0.1, 0.15) is 13.3 Å². The molecule has 0 aromatic rings. The van der Waals surface area contributed by atoms with Crippen molar-refractivity contribution in [3.05, 3.63) is 11.1 Å². The first-order valence-corrected chi connectivity index (χ1v) is 2.61. The van der Waals surface area contributed by atoms with Crippen LogP contribution in [0.2, 0.25) is 0 Å². The Kier molecular flexibility index (Phi) is 4.15. The number of halogens is 1. The normalized spacial score (nSPS) is 12.1. The summed E-state index contributed by atoms with van der Waals surface area (Å²) in [6, 6.07) is 0. The third-order valence-corrected chi connectivity index (χ3v) is 0.827. The van der Waals surface area contributed by atoms with E-state index in [-0.39, 0.29) is 6.61 Å². The quantitative estimate of drug-likeness (QED) is 0.530. The maximum Gasteiger partial charge on any atom is 0.117 e. The molecule has 0 unspecified atom stereocenters. The molecular weight excluding hydrogens is 112 g/mol. The van der Waals surface area contributed by atoms with Gasteiger partial charge in [-0.05, 0) is 6.42 Å². The Morgan fingerprint density at radius 2 is 2.43 bits per heavy atom. The number of hydrogen-bond acceptors (Lipinski definition) is 0. The predicted molar refractivity (Wildman–Crippen MR) is 29.8 cm³/mol. The van der Waals surface area contributed by atoms with Crippen LogP contribution < -0.4 is 0 Å². The molecule has 0 N–H and O–H groups in total. The number of allylic oxidation sites excluding steroid dienone is 1. The molecular formula is C5H8ClO. The van der Waals surface area contributed by atoms with Gasteiger partial charge in [-0.15, -0.1) is 0 Å². The smallest absolute Gasteiger partial charge is 0.117 e. The fourth-order valence-electron chi connectivity index (χ4n) is 0.280. The van der Waals surface area contributed by atoms with E-state index in [1.54, 1.807) is 6.08 Å². The fraction of sp³-hybridized carbons (Fsp3) is 0.600. The summed E-state index contributed by atoms with van der Waals surface area (Å²) in [7, 11) is 0. The van der Waals surface area contributed by atoms with Crippen LogP contribution in [0.4, 0.5) is 0 Å². The van der Waals surface area contributed by atoms with Gasteiger partial charge in [0.15, 0.2) is 0 Å². The van der Waals surface area contributed by atoms with E-state index in [0.29, 0.717) is 5.03 Å². The average Bonchev–Trinajstić information content (AvgIpc) is 1.68. The summed E-state index contributed by atoms with van der Waals surface area (Å²) >= 11 is 5.31. The van der Waals surface area contributed by atoms with Crippen molar-refractivity contribution < 1.29 is 5.11 Å². The minimum absolute atomic E-state index is 0.282. The number of hydrogen-bond donors (Lipinski definition) is 0. The van der Waals surface area contributed by atoms with Crippen LogP contribution in [0.5, 0.6) is 0 Å². The predicted octanol–water partition coefficient (Wildman–Crippen LogP) is 1.95. The van der Waals surface area contributed by atoms with Gasteiger partial charge in [-0.1, -0.05) is 24.6 Å². The van der Waals surface area contributed by atoms with E-state index >= 15 is 0 Å². The maximum absolute atomic E-state index is 9.82. The number of rotatable bonds is 2. The van der Waals surface area contributed by atoms with Gasteiger partial charge in [-0.3, -0.25) is 0 Å². The third-order valence-electron chi connectivity index (χ3n) is 0.564. The summed E-state index contributed by atoms with van der Waals surface area (Å²) < 4.78 is 0. The van der Waals surface area contributed by atoms with Gasteiger partial charge in [0.1, 0.15) is 6.61 Å². The van der Waals surface area contributed by atoms with Crippen molar-refractivity contribution in [2.24, 2.45) is 0 Å². The molecule has 0 spiro atoms. The van der Waals surface area contributed by atoms with Crippen molar-refractivity contribution in [3.63, 3.8) is 0 Å². The highest BCUT2D eigenvalue weighted by molar-refractivity contribution is 6.29. The van der Waals surface area contributed by atoms with Crippen LogP contribution in [0, 0.1) is 0 Å². The molecule has 0 aromatic heterocycles. The van der Waals surface area contributed by atoms with E-state index in [9.17, 15) is 5.11 Å². The topological polar surface area (TPSA) is 19.9 Å². The Morgan fingerprint density at radius 3 is 2.57 bits per heavy atom. The zero-order valence-electron chi connectivity index (χ0n) is 4.28. The highest BCUT2D eigenvalue weighted by Gasteiger charge is 1.83. The lowest BCUT2D eigenvalue weighted by Gasteiger charge is -1.82. The molecule has 1 radical (unpaired) electrons. The Bertz CT molecular complexity index is 68.5. The molecule has 0 amide bonds. The summed E-state index contributed by atoms with van der Waals surface area (Å²) in [4.78, 5) is 0. The monoisotopic (exact) mass is 119 g/mol. The van der Waals surface area contributed by atoms with E-state index < -0.39 is 0 Å². The summed E-state index contributed by atoms with van der Waals surface area (Å²) in [5.41, 5.74) is 0. The summed E-state index contributed by atoms with van der Waals surface area (Å²) in [6.45, 7) is 1.66. The van der Waals surface area contributed by atoms with Gasteiger partial charge in [0, 0.05) is 5.03 Å². The molecule has 41 valence electrons. The Morgan fingerprint density at radius 1 is 1.86 bits per heavy atom. The van der Waals surface area contributed by atoms with E-state index in [1.807, 2.05) is 6.92 Å². The Hall–Kier alpha value is -0.0100. The second kappa shape index (κ2) is 4.16. The Balaban J connectivity index is 3.29. The SMILES string of the molecule is CCC=C(Cl)C[O]. The molecule has 0 atom stereocenters. The van der Waals surface area contributed by atoms with Gasteiger partial charge >= 0.3 is 0 Å². The molecule has 0 aliphatic heterocycles. The summed E-state index contributed by atoms with van der Waals surface area (Å²) in [5.74, 6) is 0. The van der Waals surface area contributed by atoms with Crippen LogP contribution in [-0.4, -0.2) is 6.61 Å².